The summed E-state index contributed by atoms with van der Waals surface area (Å²) in [5, 5.41) is 10.7. The van der Waals surface area contributed by atoms with Crippen LogP contribution in [0.25, 0.3) is 85.9 Å². The molecule has 0 aliphatic heterocycles. The molecular formula is C52H38S. The molecule has 9 aromatic rings. The van der Waals surface area contributed by atoms with Gasteiger partial charge in [-0.05, 0) is 151 Å². The van der Waals surface area contributed by atoms with Crippen LogP contribution in [0, 0.1) is 23.7 Å². The van der Waals surface area contributed by atoms with Crippen LogP contribution in [-0.4, -0.2) is 0 Å². The molecule has 5 aliphatic rings. The topological polar surface area (TPSA) is 0 Å². The van der Waals surface area contributed by atoms with Crippen molar-refractivity contribution in [2.45, 2.75) is 37.5 Å². The highest BCUT2D eigenvalue weighted by atomic mass is 32.1. The summed E-state index contributed by atoms with van der Waals surface area (Å²) in [7, 11) is 0. The van der Waals surface area contributed by atoms with Gasteiger partial charge in [-0.25, -0.2) is 0 Å². The van der Waals surface area contributed by atoms with Gasteiger partial charge in [-0.15, -0.1) is 11.3 Å². The first-order valence-corrected chi connectivity index (χ1v) is 20.6. The van der Waals surface area contributed by atoms with Crippen LogP contribution in [0.15, 0.2) is 146 Å². The molecule has 0 atom stereocenters. The van der Waals surface area contributed by atoms with E-state index in [2.05, 4.69) is 146 Å². The third-order valence-corrected chi connectivity index (χ3v) is 15.6. The summed E-state index contributed by atoms with van der Waals surface area (Å²) in [5.74, 6) is 3.48. The van der Waals surface area contributed by atoms with Crippen molar-refractivity contribution in [2.24, 2.45) is 23.7 Å². The maximum Gasteiger partial charge on any atom is 0.0434 e. The Morgan fingerprint density at radius 3 is 1.75 bits per heavy atom. The highest BCUT2D eigenvalue weighted by Gasteiger charge is 2.61. The minimum atomic E-state index is 0.200. The molecular weight excluding hydrogens is 657 g/mol. The van der Waals surface area contributed by atoms with Gasteiger partial charge in [-0.1, -0.05) is 121 Å². The fourth-order valence-electron chi connectivity index (χ4n) is 12.7. The summed E-state index contributed by atoms with van der Waals surface area (Å²) < 4.78 is 2.72. The Hall–Kier alpha value is -5.24. The molecule has 0 unspecified atom stereocenters. The van der Waals surface area contributed by atoms with Crippen LogP contribution in [0.3, 0.4) is 0 Å². The second-order valence-corrected chi connectivity index (χ2v) is 17.9. The quantitative estimate of drug-likeness (QED) is 0.158. The first-order valence-electron chi connectivity index (χ1n) is 19.8. The van der Waals surface area contributed by atoms with Gasteiger partial charge in [0.1, 0.15) is 0 Å². The third kappa shape index (κ3) is 3.76. The lowest BCUT2D eigenvalue weighted by atomic mass is 9.43. The molecule has 0 saturated heterocycles. The largest absolute Gasteiger partial charge is 0.135 e. The molecule has 252 valence electrons. The summed E-state index contributed by atoms with van der Waals surface area (Å²) in [5.41, 5.74) is 11.8. The van der Waals surface area contributed by atoms with E-state index in [0.29, 0.717) is 0 Å². The Morgan fingerprint density at radius 2 is 1.02 bits per heavy atom. The van der Waals surface area contributed by atoms with Gasteiger partial charge in [-0.2, -0.15) is 0 Å². The zero-order valence-electron chi connectivity index (χ0n) is 29.6. The third-order valence-electron chi connectivity index (χ3n) is 14.4. The van der Waals surface area contributed by atoms with Crippen LogP contribution in [0.4, 0.5) is 0 Å². The number of benzene rings is 8. The van der Waals surface area contributed by atoms with Crippen molar-refractivity contribution >= 4 is 63.8 Å². The summed E-state index contributed by atoms with van der Waals surface area (Å²) in [6, 6.07) is 56.1. The predicted octanol–water partition coefficient (Wildman–Crippen LogP) is 14.6. The van der Waals surface area contributed by atoms with E-state index in [1.807, 2.05) is 11.3 Å². The number of hydrogen-bond acceptors (Lipinski definition) is 1. The van der Waals surface area contributed by atoms with Crippen molar-refractivity contribution in [3.8, 4) is 33.4 Å². The smallest absolute Gasteiger partial charge is 0.0434 e. The molecule has 1 spiro atoms. The molecule has 4 saturated carbocycles. The molecule has 0 amide bonds. The molecule has 14 rings (SSSR count). The van der Waals surface area contributed by atoms with Crippen molar-refractivity contribution in [1.82, 2.24) is 0 Å². The maximum atomic E-state index is 2.64. The highest BCUT2D eigenvalue weighted by Crippen LogP contribution is 2.69. The summed E-state index contributed by atoms with van der Waals surface area (Å²) in [4.78, 5) is 0. The molecule has 53 heavy (non-hydrogen) atoms. The Bertz CT molecular complexity index is 2940. The lowest BCUT2D eigenvalue weighted by molar-refractivity contribution is -0.0399. The molecule has 5 aliphatic carbocycles. The average Bonchev–Trinajstić information content (AvgIpc) is 3.71. The second kappa shape index (κ2) is 10.5. The van der Waals surface area contributed by atoms with Crippen LogP contribution in [-0.2, 0) is 5.41 Å². The predicted molar refractivity (Wildman–Crippen MR) is 226 cm³/mol. The minimum Gasteiger partial charge on any atom is -0.135 e. The molecule has 1 heterocycles. The maximum absolute atomic E-state index is 2.64. The molecule has 1 aromatic heterocycles. The average molecular weight is 695 g/mol. The van der Waals surface area contributed by atoms with Crippen LogP contribution < -0.4 is 0 Å². The van der Waals surface area contributed by atoms with Crippen molar-refractivity contribution in [3.63, 3.8) is 0 Å². The summed E-state index contributed by atoms with van der Waals surface area (Å²) in [6.07, 6.45) is 7.18. The molecule has 0 N–H and O–H groups in total. The van der Waals surface area contributed by atoms with Crippen molar-refractivity contribution < 1.29 is 0 Å². The van der Waals surface area contributed by atoms with Crippen LogP contribution in [0.2, 0.25) is 0 Å². The van der Waals surface area contributed by atoms with E-state index >= 15 is 0 Å². The molecule has 0 nitrogen and oxygen atoms in total. The fourth-order valence-corrected chi connectivity index (χ4v) is 13.9. The zero-order chi connectivity index (χ0) is 34.4. The van der Waals surface area contributed by atoms with Crippen molar-refractivity contribution in [2.75, 3.05) is 0 Å². The van der Waals surface area contributed by atoms with Crippen LogP contribution >= 0.6 is 11.3 Å². The molecule has 1 heteroatoms. The van der Waals surface area contributed by atoms with E-state index in [-0.39, 0.29) is 5.41 Å². The van der Waals surface area contributed by atoms with Crippen LogP contribution in [0.5, 0.6) is 0 Å². The highest BCUT2D eigenvalue weighted by molar-refractivity contribution is 7.26. The van der Waals surface area contributed by atoms with E-state index in [1.165, 1.54) is 118 Å². The van der Waals surface area contributed by atoms with E-state index in [4.69, 9.17) is 0 Å². The van der Waals surface area contributed by atoms with E-state index < -0.39 is 0 Å². The van der Waals surface area contributed by atoms with Crippen molar-refractivity contribution in [3.05, 3.63) is 157 Å². The second-order valence-electron chi connectivity index (χ2n) is 16.8. The Labute approximate surface area is 313 Å². The monoisotopic (exact) mass is 694 g/mol. The lowest BCUT2D eigenvalue weighted by Gasteiger charge is -2.61. The first kappa shape index (κ1) is 29.2. The standard InChI is InChI=1S/C52H38S/c1-3-14-41-39(12-1)49(40-13-2-4-15-42(40)50(41)44-17-9-16-43-38-11-6-8-19-48(38)53-51(43)44)33-21-20-32-29-47-45(28-34(32)27-33)37-10-5-7-18-46(37)52(47)35-23-30-22-31(25-35)26-36(52)24-30/h1-21,27-31,35-36H,22-26H2. The Kier molecular flexibility index (Phi) is 5.77. The van der Waals surface area contributed by atoms with Gasteiger partial charge in [0.05, 0.1) is 0 Å². The number of fused-ring (bicyclic) bond motifs is 9. The normalized spacial score (nSPS) is 23.9. The van der Waals surface area contributed by atoms with Crippen LogP contribution in [0.1, 0.15) is 43.2 Å². The van der Waals surface area contributed by atoms with E-state index in [1.54, 1.807) is 11.1 Å². The van der Waals surface area contributed by atoms with Crippen molar-refractivity contribution in [1.29, 1.82) is 0 Å². The lowest BCUT2D eigenvalue weighted by Crippen LogP contribution is -2.55. The summed E-state index contributed by atoms with van der Waals surface area (Å²) >= 11 is 1.92. The Balaban J connectivity index is 1.05. The zero-order valence-corrected chi connectivity index (χ0v) is 30.4. The summed E-state index contributed by atoms with van der Waals surface area (Å²) in [6.45, 7) is 0. The minimum absolute atomic E-state index is 0.200. The molecule has 4 bridgehead atoms. The van der Waals surface area contributed by atoms with Gasteiger partial charge in [0.2, 0.25) is 0 Å². The fraction of sp³-hybridized carbons (Fsp3) is 0.192. The SMILES string of the molecule is c1ccc2c(c1)-c1cc3cc(-c4c5ccccc5c(-c5cccc6c5sc5ccccc56)c5ccccc45)ccc3cc1C21C2CC3CC(C2)CC1C3. The van der Waals surface area contributed by atoms with E-state index in [0.717, 1.165) is 23.7 Å². The van der Waals surface area contributed by atoms with Gasteiger partial charge < -0.3 is 0 Å². The molecule has 0 radical (unpaired) electrons. The number of thiophene rings is 1. The molecule has 4 fully saturated rings. The number of hydrogen-bond donors (Lipinski definition) is 0. The van der Waals surface area contributed by atoms with Gasteiger partial charge in [0.25, 0.3) is 0 Å². The number of rotatable bonds is 2. The van der Waals surface area contributed by atoms with E-state index in [9.17, 15) is 0 Å². The van der Waals surface area contributed by atoms with Gasteiger partial charge in [-0.3, -0.25) is 0 Å². The van der Waals surface area contributed by atoms with Gasteiger partial charge in [0, 0.05) is 31.2 Å². The van der Waals surface area contributed by atoms with Gasteiger partial charge in [0.15, 0.2) is 0 Å². The molecule has 8 aromatic carbocycles. The van der Waals surface area contributed by atoms with Gasteiger partial charge >= 0.3 is 0 Å². The Morgan fingerprint density at radius 1 is 0.415 bits per heavy atom. The first-order chi connectivity index (χ1) is 26.2.